The smallest absolute Gasteiger partial charge is 0.416 e. The summed E-state index contributed by atoms with van der Waals surface area (Å²) in [6.45, 7) is -0.0684. The predicted molar refractivity (Wildman–Crippen MR) is 188 cm³/mol. The highest BCUT2D eigenvalue weighted by Crippen LogP contribution is 2.32. The molecule has 0 saturated heterocycles. The Balaban J connectivity index is 1.14. The van der Waals surface area contributed by atoms with Crippen molar-refractivity contribution < 1.29 is 31.1 Å². The van der Waals surface area contributed by atoms with Crippen molar-refractivity contribution in [2.45, 2.75) is 30.7 Å². The number of carbonyl (C=O) groups is 1. The van der Waals surface area contributed by atoms with Gasteiger partial charge in [0.05, 0.1) is 10.5 Å². The molecule has 1 aromatic heterocycles. The Labute approximate surface area is 294 Å². The fourth-order valence-corrected chi connectivity index (χ4v) is 6.84. The van der Waals surface area contributed by atoms with Crippen molar-refractivity contribution in [1.29, 1.82) is 0 Å². The first kappa shape index (κ1) is 35.1. The molecule has 0 bridgehead atoms. The van der Waals surface area contributed by atoms with Gasteiger partial charge in [0.25, 0.3) is 5.91 Å². The highest BCUT2D eigenvalue weighted by Gasteiger charge is 2.33. The van der Waals surface area contributed by atoms with Gasteiger partial charge in [0, 0.05) is 37.6 Å². The summed E-state index contributed by atoms with van der Waals surface area (Å²) in [5.74, 6) is 0.651. The molecule has 0 aliphatic carbocycles. The van der Waals surface area contributed by atoms with Crippen LogP contribution >= 0.6 is 0 Å². The van der Waals surface area contributed by atoms with Crippen molar-refractivity contribution in [3.05, 3.63) is 180 Å². The molecular weight excluding hydrogens is 676 g/mol. The zero-order valence-corrected chi connectivity index (χ0v) is 27.9. The number of hydrogen-bond acceptors (Lipinski definition) is 5. The fraction of sp³-hybridized carbons (Fsp3) is 0.100. The van der Waals surface area contributed by atoms with Crippen LogP contribution in [-0.4, -0.2) is 23.6 Å². The van der Waals surface area contributed by atoms with Gasteiger partial charge in [0.2, 0.25) is 10.0 Å². The molecule has 0 saturated carbocycles. The number of amides is 1. The molecule has 258 valence electrons. The standard InChI is InChI=1S/C40H32F3N3O4S/c41-40(42,43)38-11-5-4-8-34(38)26-45-39(47)33-18-16-32(17-19-33)31-14-12-29(13-15-31)27-46(28-30-7-6-24-44-25-30)51(48,49)37-22-20-36(21-23-37)50-35-9-2-1-3-10-35/h1-25H,26-28H2,(H,45,47). The minimum Gasteiger partial charge on any atom is -0.457 e. The summed E-state index contributed by atoms with van der Waals surface area (Å²) < 4.78 is 75.1. The van der Waals surface area contributed by atoms with Crippen molar-refractivity contribution in [2.24, 2.45) is 0 Å². The topological polar surface area (TPSA) is 88.6 Å². The van der Waals surface area contributed by atoms with Crippen LogP contribution in [0.25, 0.3) is 11.1 Å². The first-order chi connectivity index (χ1) is 24.6. The van der Waals surface area contributed by atoms with Crippen LogP contribution in [0.15, 0.2) is 157 Å². The normalized spacial score (nSPS) is 11.7. The molecule has 6 aromatic rings. The fourth-order valence-electron chi connectivity index (χ4n) is 5.42. The van der Waals surface area contributed by atoms with E-state index in [9.17, 15) is 26.4 Å². The lowest BCUT2D eigenvalue weighted by atomic mass is 10.0. The third-order valence-electron chi connectivity index (χ3n) is 8.08. The lowest BCUT2D eigenvalue weighted by Crippen LogP contribution is -2.30. The summed E-state index contributed by atoms with van der Waals surface area (Å²) in [4.78, 5) is 17.0. The SMILES string of the molecule is O=C(NCc1ccccc1C(F)(F)F)c1ccc(-c2ccc(CN(Cc3cccnc3)S(=O)(=O)c3ccc(Oc4ccccc4)cc3)cc2)cc1. The van der Waals surface area contributed by atoms with Crippen LogP contribution in [0.3, 0.4) is 0 Å². The van der Waals surface area contributed by atoms with Gasteiger partial charge in [-0.25, -0.2) is 8.42 Å². The summed E-state index contributed by atoms with van der Waals surface area (Å²) >= 11 is 0. The number of para-hydroxylation sites is 1. The molecule has 11 heteroatoms. The van der Waals surface area contributed by atoms with Crippen LogP contribution in [0.2, 0.25) is 0 Å². The van der Waals surface area contributed by atoms with E-state index in [1.54, 1.807) is 54.9 Å². The number of nitrogens with zero attached hydrogens (tertiary/aromatic N) is 2. The van der Waals surface area contributed by atoms with Gasteiger partial charge < -0.3 is 10.1 Å². The zero-order chi connectivity index (χ0) is 35.8. The molecule has 0 aliphatic heterocycles. The van der Waals surface area contributed by atoms with E-state index in [0.717, 1.165) is 28.3 Å². The number of hydrogen-bond donors (Lipinski definition) is 1. The van der Waals surface area contributed by atoms with Crippen LogP contribution in [-0.2, 0) is 35.8 Å². The molecule has 0 aliphatic rings. The van der Waals surface area contributed by atoms with Crippen LogP contribution in [0.5, 0.6) is 11.5 Å². The van der Waals surface area contributed by atoms with E-state index in [0.29, 0.717) is 17.1 Å². The number of benzene rings is 5. The van der Waals surface area contributed by atoms with Crippen molar-refractivity contribution in [1.82, 2.24) is 14.6 Å². The van der Waals surface area contributed by atoms with E-state index in [1.165, 1.54) is 34.6 Å². The first-order valence-corrected chi connectivity index (χ1v) is 17.3. The molecule has 1 amide bonds. The van der Waals surface area contributed by atoms with Crippen molar-refractivity contribution in [3.63, 3.8) is 0 Å². The van der Waals surface area contributed by atoms with Crippen LogP contribution < -0.4 is 10.1 Å². The van der Waals surface area contributed by atoms with Crippen LogP contribution in [0.4, 0.5) is 13.2 Å². The average molecular weight is 708 g/mol. The van der Waals surface area contributed by atoms with Gasteiger partial charge >= 0.3 is 6.18 Å². The number of carbonyl (C=O) groups excluding carboxylic acids is 1. The Bertz CT molecular complexity index is 2180. The van der Waals surface area contributed by atoms with Crippen molar-refractivity contribution >= 4 is 15.9 Å². The molecule has 1 heterocycles. The molecule has 1 N–H and O–H groups in total. The van der Waals surface area contributed by atoms with Gasteiger partial charge in [-0.15, -0.1) is 0 Å². The van der Waals surface area contributed by atoms with Gasteiger partial charge in [-0.05, 0) is 88.5 Å². The maximum absolute atomic E-state index is 14.0. The van der Waals surface area contributed by atoms with E-state index in [-0.39, 0.29) is 30.1 Å². The Kier molecular flexibility index (Phi) is 10.6. The van der Waals surface area contributed by atoms with Gasteiger partial charge in [0.15, 0.2) is 0 Å². The number of sulfonamides is 1. The summed E-state index contributed by atoms with van der Waals surface area (Å²) in [7, 11) is -3.94. The maximum atomic E-state index is 14.0. The number of aromatic nitrogens is 1. The zero-order valence-electron chi connectivity index (χ0n) is 27.1. The van der Waals surface area contributed by atoms with Gasteiger partial charge in [-0.3, -0.25) is 9.78 Å². The Morgan fingerprint density at radius 2 is 1.29 bits per heavy atom. The highest BCUT2D eigenvalue weighted by molar-refractivity contribution is 7.89. The second-order valence-corrected chi connectivity index (χ2v) is 13.6. The third kappa shape index (κ3) is 8.88. The molecule has 6 rings (SSSR count). The van der Waals surface area contributed by atoms with E-state index >= 15 is 0 Å². The lowest BCUT2D eigenvalue weighted by Gasteiger charge is -2.23. The lowest BCUT2D eigenvalue weighted by molar-refractivity contribution is -0.138. The van der Waals surface area contributed by atoms with E-state index < -0.39 is 27.7 Å². The predicted octanol–water partition coefficient (Wildman–Crippen LogP) is 8.88. The second-order valence-electron chi connectivity index (χ2n) is 11.6. The number of pyridine rings is 1. The van der Waals surface area contributed by atoms with Crippen molar-refractivity contribution in [2.75, 3.05) is 0 Å². The Morgan fingerprint density at radius 1 is 0.686 bits per heavy atom. The number of halogens is 3. The maximum Gasteiger partial charge on any atom is 0.416 e. The molecule has 7 nitrogen and oxygen atoms in total. The van der Waals surface area contributed by atoms with Crippen LogP contribution in [0, 0.1) is 0 Å². The van der Waals surface area contributed by atoms with Crippen molar-refractivity contribution in [3.8, 4) is 22.6 Å². The van der Waals surface area contributed by atoms with Gasteiger partial charge in [-0.2, -0.15) is 17.5 Å². The number of ether oxygens (including phenoxy) is 1. The first-order valence-electron chi connectivity index (χ1n) is 15.9. The summed E-state index contributed by atoms with van der Waals surface area (Å²) in [6, 6.07) is 38.3. The molecule has 0 fully saturated rings. The van der Waals surface area contributed by atoms with Crippen LogP contribution in [0.1, 0.15) is 32.6 Å². The number of nitrogens with one attached hydrogen (secondary N) is 1. The van der Waals surface area contributed by atoms with Gasteiger partial charge in [0.1, 0.15) is 11.5 Å². The minimum absolute atomic E-state index is 0.0202. The molecule has 51 heavy (non-hydrogen) atoms. The minimum atomic E-state index is -4.52. The summed E-state index contributed by atoms with van der Waals surface area (Å²) in [5.41, 5.74) is 2.62. The third-order valence-corrected chi connectivity index (χ3v) is 9.88. The largest absolute Gasteiger partial charge is 0.457 e. The molecule has 0 radical (unpaired) electrons. The highest BCUT2D eigenvalue weighted by atomic mass is 32.2. The molecule has 5 aromatic carbocycles. The van der Waals surface area contributed by atoms with E-state index in [1.807, 2.05) is 60.7 Å². The molecular formula is C40H32F3N3O4S. The number of rotatable bonds is 12. The quantitative estimate of drug-likeness (QED) is 0.137. The van der Waals surface area contributed by atoms with E-state index in [4.69, 9.17) is 4.74 Å². The average Bonchev–Trinajstić information content (AvgIpc) is 3.15. The molecule has 0 unspecified atom stereocenters. The molecule has 0 spiro atoms. The second kappa shape index (κ2) is 15.4. The van der Waals surface area contributed by atoms with Gasteiger partial charge in [-0.1, -0.05) is 78.9 Å². The van der Waals surface area contributed by atoms with E-state index in [2.05, 4.69) is 10.3 Å². The summed E-state index contributed by atoms with van der Waals surface area (Å²) in [6.07, 6.45) is -1.26. The Hall–Kier alpha value is -5.78. The molecule has 0 atom stereocenters. The summed E-state index contributed by atoms with van der Waals surface area (Å²) in [5, 5.41) is 2.56. The number of alkyl halides is 3. The monoisotopic (exact) mass is 707 g/mol. The Morgan fingerprint density at radius 3 is 1.94 bits per heavy atom.